The summed E-state index contributed by atoms with van der Waals surface area (Å²) >= 11 is 0. The molecule has 37 heavy (non-hydrogen) atoms. The zero-order chi connectivity index (χ0) is 27.6. The Morgan fingerprint density at radius 3 is 2.30 bits per heavy atom. The van der Waals surface area contributed by atoms with Gasteiger partial charge in [-0.15, -0.1) is 13.0 Å². The van der Waals surface area contributed by atoms with Crippen LogP contribution in [-0.2, 0) is 14.3 Å². The Labute approximate surface area is 222 Å². The molecule has 2 atom stereocenters. The molecule has 3 amide bonds. The number of nitrogens with one attached hydrogen (secondary N) is 2. The van der Waals surface area contributed by atoms with Gasteiger partial charge in [0, 0.05) is 18.2 Å². The van der Waals surface area contributed by atoms with Crippen LogP contribution in [0.2, 0.25) is 0 Å². The summed E-state index contributed by atoms with van der Waals surface area (Å²) in [7, 11) is 0. The van der Waals surface area contributed by atoms with Crippen LogP contribution in [0.5, 0.6) is 0 Å². The predicted octanol–water partition coefficient (Wildman–Crippen LogP) is 5.11. The fraction of sp³-hybridized carbons (Fsp3) is 0.567. The van der Waals surface area contributed by atoms with Crippen molar-refractivity contribution in [1.82, 2.24) is 15.5 Å². The Kier molecular flexibility index (Phi) is 11.2. The maximum atomic E-state index is 14.0. The van der Waals surface area contributed by atoms with Gasteiger partial charge in [0.2, 0.25) is 11.8 Å². The van der Waals surface area contributed by atoms with E-state index < -0.39 is 23.8 Å². The van der Waals surface area contributed by atoms with Gasteiger partial charge >= 0.3 is 6.09 Å². The third-order valence-electron chi connectivity index (χ3n) is 6.21. The normalized spacial score (nSPS) is 15.7. The van der Waals surface area contributed by atoms with Gasteiger partial charge in [0.05, 0.1) is 0 Å². The number of hydrogen-bond donors (Lipinski definition) is 2. The highest BCUT2D eigenvalue weighted by molar-refractivity contribution is 5.92. The standard InChI is InChI=1S/C30H43N3O4/c1-8-19-33(28(35)25(20-21(3)4)32-29(36)37-30(5,6)7)26(23-17-15-22(9-2)16-18-23)27(34)31-24-13-11-10-12-14-24/h2,8,15-18,21,24-26H,1,10-14,19-20H2,3-7H3,(H,31,34)(H,32,36). The van der Waals surface area contributed by atoms with E-state index in [1.807, 2.05) is 13.8 Å². The van der Waals surface area contributed by atoms with Crippen LogP contribution >= 0.6 is 0 Å². The highest BCUT2D eigenvalue weighted by Crippen LogP contribution is 2.26. The van der Waals surface area contributed by atoms with Gasteiger partial charge in [0.1, 0.15) is 17.7 Å². The maximum absolute atomic E-state index is 14.0. The number of terminal acetylenes is 1. The molecule has 2 rings (SSSR count). The van der Waals surface area contributed by atoms with Gasteiger partial charge in [-0.05, 0) is 63.6 Å². The third kappa shape index (κ3) is 9.60. The van der Waals surface area contributed by atoms with E-state index in [0.29, 0.717) is 17.5 Å². The van der Waals surface area contributed by atoms with Crippen LogP contribution in [0.3, 0.4) is 0 Å². The first kappa shape index (κ1) is 30.0. The molecule has 1 saturated carbocycles. The van der Waals surface area contributed by atoms with Crippen molar-refractivity contribution in [2.45, 2.75) is 96.9 Å². The number of rotatable bonds is 10. The zero-order valence-electron chi connectivity index (χ0n) is 23.0. The highest BCUT2D eigenvalue weighted by Gasteiger charge is 2.36. The molecule has 0 bridgehead atoms. The fourth-order valence-electron chi connectivity index (χ4n) is 4.57. The zero-order valence-corrected chi connectivity index (χ0v) is 23.0. The van der Waals surface area contributed by atoms with Crippen molar-refractivity contribution in [2.24, 2.45) is 5.92 Å². The molecule has 2 unspecified atom stereocenters. The molecule has 7 heteroatoms. The minimum absolute atomic E-state index is 0.0702. The van der Waals surface area contributed by atoms with Crippen molar-refractivity contribution in [3.63, 3.8) is 0 Å². The van der Waals surface area contributed by atoms with Gasteiger partial charge in [-0.1, -0.05) is 57.2 Å². The molecule has 0 aliphatic heterocycles. The Morgan fingerprint density at radius 1 is 1.16 bits per heavy atom. The van der Waals surface area contributed by atoms with Crippen LogP contribution in [0.1, 0.15) is 90.3 Å². The molecule has 1 aromatic rings. The number of hydrogen-bond acceptors (Lipinski definition) is 4. The van der Waals surface area contributed by atoms with Crippen LogP contribution in [0.15, 0.2) is 36.9 Å². The number of benzene rings is 1. The smallest absolute Gasteiger partial charge is 0.408 e. The van der Waals surface area contributed by atoms with Crippen molar-refractivity contribution < 1.29 is 19.1 Å². The minimum Gasteiger partial charge on any atom is -0.444 e. The lowest BCUT2D eigenvalue weighted by molar-refractivity contribution is -0.142. The molecule has 0 aromatic heterocycles. The van der Waals surface area contributed by atoms with E-state index in [0.717, 1.165) is 32.1 Å². The summed E-state index contributed by atoms with van der Waals surface area (Å²) in [6, 6.07) is 5.37. The summed E-state index contributed by atoms with van der Waals surface area (Å²) < 4.78 is 5.42. The summed E-state index contributed by atoms with van der Waals surface area (Å²) in [5.41, 5.74) is 0.612. The van der Waals surface area contributed by atoms with Crippen LogP contribution in [0.4, 0.5) is 4.79 Å². The lowest BCUT2D eigenvalue weighted by Crippen LogP contribution is -2.54. The number of alkyl carbamates (subject to hydrolysis) is 1. The molecule has 0 spiro atoms. The Hall–Kier alpha value is -3.27. The second-order valence-corrected chi connectivity index (χ2v) is 11.1. The van der Waals surface area contributed by atoms with Crippen LogP contribution in [0.25, 0.3) is 0 Å². The van der Waals surface area contributed by atoms with E-state index in [1.165, 1.54) is 4.90 Å². The third-order valence-corrected chi connectivity index (χ3v) is 6.21. The Morgan fingerprint density at radius 2 is 1.78 bits per heavy atom. The monoisotopic (exact) mass is 509 g/mol. The summed E-state index contributed by atoms with van der Waals surface area (Å²) in [6.45, 7) is 13.2. The quantitative estimate of drug-likeness (QED) is 0.339. The van der Waals surface area contributed by atoms with Crippen molar-refractivity contribution in [2.75, 3.05) is 6.54 Å². The van der Waals surface area contributed by atoms with Gasteiger partial charge in [-0.25, -0.2) is 4.79 Å². The van der Waals surface area contributed by atoms with Crippen LogP contribution in [-0.4, -0.2) is 47.0 Å². The molecule has 1 aliphatic rings. The summed E-state index contributed by atoms with van der Waals surface area (Å²) in [5.74, 6) is 2.07. The number of ether oxygens (including phenoxy) is 1. The molecule has 1 fully saturated rings. The van der Waals surface area contributed by atoms with Crippen LogP contribution < -0.4 is 10.6 Å². The summed E-state index contributed by atoms with van der Waals surface area (Å²) in [4.78, 5) is 41.9. The first-order chi connectivity index (χ1) is 17.4. The number of carbonyl (C=O) groups excluding carboxylic acids is 3. The van der Waals surface area contributed by atoms with Gasteiger partial charge in [-0.2, -0.15) is 0 Å². The van der Waals surface area contributed by atoms with E-state index in [-0.39, 0.29) is 30.3 Å². The lowest BCUT2D eigenvalue weighted by Gasteiger charge is -2.35. The van der Waals surface area contributed by atoms with Gasteiger partial charge in [0.25, 0.3) is 0 Å². The molecule has 1 aliphatic carbocycles. The predicted molar refractivity (Wildman–Crippen MR) is 147 cm³/mol. The summed E-state index contributed by atoms with van der Waals surface area (Å²) in [6.07, 6.45) is 12.0. The first-order valence-electron chi connectivity index (χ1n) is 13.2. The van der Waals surface area contributed by atoms with E-state index in [4.69, 9.17) is 11.2 Å². The first-order valence-corrected chi connectivity index (χ1v) is 13.2. The van der Waals surface area contributed by atoms with Crippen molar-refractivity contribution >= 4 is 17.9 Å². The second kappa shape index (κ2) is 13.9. The van der Waals surface area contributed by atoms with Gasteiger partial charge < -0.3 is 20.3 Å². The Bertz CT molecular complexity index is 966. The molecule has 0 saturated heterocycles. The molecule has 1 aromatic carbocycles. The number of carbonyl (C=O) groups is 3. The molecular formula is C30H43N3O4. The fourth-order valence-corrected chi connectivity index (χ4v) is 4.57. The van der Waals surface area contributed by atoms with Crippen molar-refractivity contribution in [3.8, 4) is 12.3 Å². The summed E-state index contributed by atoms with van der Waals surface area (Å²) in [5, 5.41) is 5.92. The van der Waals surface area contributed by atoms with E-state index in [9.17, 15) is 14.4 Å². The van der Waals surface area contributed by atoms with Gasteiger partial charge in [-0.3, -0.25) is 9.59 Å². The van der Waals surface area contributed by atoms with E-state index in [2.05, 4.69) is 23.1 Å². The number of nitrogens with zero attached hydrogens (tertiary/aromatic N) is 1. The minimum atomic E-state index is -0.908. The molecule has 0 radical (unpaired) electrons. The van der Waals surface area contributed by atoms with E-state index >= 15 is 0 Å². The molecule has 7 nitrogen and oxygen atoms in total. The second-order valence-electron chi connectivity index (χ2n) is 11.1. The van der Waals surface area contributed by atoms with Crippen LogP contribution in [0, 0.1) is 18.3 Å². The van der Waals surface area contributed by atoms with Crippen molar-refractivity contribution in [3.05, 3.63) is 48.0 Å². The van der Waals surface area contributed by atoms with Crippen molar-refractivity contribution in [1.29, 1.82) is 0 Å². The topological polar surface area (TPSA) is 87.7 Å². The average Bonchev–Trinajstić information content (AvgIpc) is 2.82. The van der Waals surface area contributed by atoms with E-state index in [1.54, 1.807) is 51.1 Å². The van der Waals surface area contributed by atoms with Gasteiger partial charge in [0.15, 0.2) is 0 Å². The maximum Gasteiger partial charge on any atom is 0.408 e. The Balaban J connectivity index is 2.44. The molecular weight excluding hydrogens is 466 g/mol. The molecule has 2 N–H and O–H groups in total. The average molecular weight is 510 g/mol. The number of amides is 3. The SMILES string of the molecule is C#Cc1ccc(C(C(=O)NC2CCCCC2)N(CC=C)C(=O)C(CC(C)C)NC(=O)OC(C)(C)C)cc1. The highest BCUT2D eigenvalue weighted by atomic mass is 16.6. The lowest BCUT2D eigenvalue weighted by atomic mass is 9.94. The molecule has 202 valence electrons. The molecule has 0 heterocycles. The largest absolute Gasteiger partial charge is 0.444 e.